The maximum Gasteiger partial charge on any atom is 0.289 e. The van der Waals surface area contributed by atoms with Crippen molar-refractivity contribution >= 4 is 27.6 Å². The average Bonchev–Trinajstić information content (AvgIpc) is 2.78. The maximum absolute atomic E-state index is 13.0. The van der Waals surface area contributed by atoms with Crippen molar-refractivity contribution in [2.24, 2.45) is 5.92 Å². The molecule has 0 aliphatic carbocycles. The number of nitrogens with zero attached hydrogens (tertiary/aromatic N) is 2. The summed E-state index contributed by atoms with van der Waals surface area (Å²) >= 11 is 0. The van der Waals surface area contributed by atoms with Gasteiger partial charge in [-0.2, -0.15) is 4.72 Å². The van der Waals surface area contributed by atoms with Gasteiger partial charge in [-0.3, -0.25) is 14.4 Å². The van der Waals surface area contributed by atoms with Crippen LogP contribution in [0.1, 0.15) is 25.4 Å². The fourth-order valence-corrected chi connectivity index (χ4v) is 4.40. The molecule has 31 heavy (non-hydrogen) atoms. The standard InChI is InChI=1S/C20H23N5O5S/c1-12(2)17(25-31(29,30)14-6-4-3-5-7-14)19(27)24-15-10-16-21-9-8-13(23-16)11-22-20(28)18(15)26/h3-9,12,15,17,25H,10-11H2,1-2H3,(H,22,28)(H,24,27). The minimum Gasteiger partial charge on any atom is -0.344 e. The number of fused-ring (bicyclic) bond motifs is 2. The fourth-order valence-electron chi connectivity index (χ4n) is 3.03. The first-order valence-electron chi connectivity index (χ1n) is 9.68. The van der Waals surface area contributed by atoms with Crippen molar-refractivity contribution in [1.82, 2.24) is 25.3 Å². The quantitative estimate of drug-likeness (QED) is 0.518. The molecule has 11 heteroatoms. The number of hydrogen-bond acceptors (Lipinski definition) is 7. The second-order valence-electron chi connectivity index (χ2n) is 7.43. The molecule has 0 radical (unpaired) electrons. The first-order valence-corrected chi connectivity index (χ1v) is 11.2. The van der Waals surface area contributed by atoms with Crippen LogP contribution in [0.15, 0.2) is 47.5 Å². The van der Waals surface area contributed by atoms with Crippen LogP contribution >= 0.6 is 0 Å². The van der Waals surface area contributed by atoms with Crippen molar-refractivity contribution in [3.8, 4) is 0 Å². The zero-order chi connectivity index (χ0) is 22.6. The molecule has 10 nitrogen and oxygen atoms in total. The van der Waals surface area contributed by atoms with Gasteiger partial charge in [0.1, 0.15) is 17.9 Å². The van der Waals surface area contributed by atoms with Crippen molar-refractivity contribution in [3.63, 3.8) is 0 Å². The Labute approximate surface area is 179 Å². The van der Waals surface area contributed by atoms with Crippen LogP contribution < -0.4 is 15.4 Å². The monoisotopic (exact) mass is 445 g/mol. The molecule has 3 N–H and O–H groups in total. The lowest BCUT2D eigenvalue weighted by Crippen LogP contribution is -2.55. The van der Waals surface area contributed by atoms with Crippen LogP contribution in [-0.4, -0.2) is 48.1 Å². The Balaban J connectivity index is 1.82. The van der Waals surface area contributed by atoms with Crippen molar-refractivity contribution in [1.29, 1.82) is 0 Å². The molecule has 0 fully saturated rings. The van der Waals surface area contributed by atoms with Gasteiger partial charge in [0.05, 0.1) is 17.1 Å². The first-order chi connectivity index (χ1) is 14.7. The second-order valence-corrected chi connectivity index (χ2v) is 9.15. The molecule has 1 aromatic carbocycles. The summed E-state index contributed by atoms with van der Waals surface area (Å²) in [4.78, 5) is 46.1. The second kappa shape index (κ2) is 9.31. The summed E-state index contributed by atoms with van der Waals surface area (Å²) in [5.74, 6) is -2.58. The molecule has 2 heterocycles. The molecule has 164 valence electrons. The summed E-state index contributed by atoms with van der Waals surface area (Å²) in [6.45, 7) is 3.40. The van der Waals surface area contributed by atoms with Crippen LogP contribution in [-0.2, 0) is 37.4 Å². The lowest BCUT2D eigenvalue weighted by molar-refractivity contribution is -0.140. The number of aromatic nitrogens is 2. The molecule has 2 unspecified atom stereocenters. The predicted octanol–water partition coefficient (Wildman–Crippen LogP) is -0.294. The third kappa shape index (κ3) is 5.50. The lowest BCUT2D eigenvalue weighted by Gasteiger charge is -2.24. The van der Waals surface area contributed by atoms with Crippen LogP contribution in [0.4, 0.5) is 0 Å². The van der Waals surface area contributed by atoms with E-state index in [9.17, 15) is 22.8 Å². The number of nitrogens with one attached hydrogen (secondary N) is 3. The number of carbonyl (C=O) groups excluding carboxylic acids is 3. The Morgan fingerprint density at radius 3 is 2.55 bits per heavy atom. The van der Waals surface area contributed by atoms with Gasteiger partial charge in [0.2, 0.25) is 21.7 Å². The van der Waals surface area contributed by atoms with Gasteiger partial charge in [-0.15, -0.1) is 0 Å². The normalized spacial score (nSPS) is 17.8. The Morgan fingerprint density at radius 2 is 1.87 bits per heavy atom. The van der Waals surface area contributed by atoms with Crippen molar-refractivity contribution in [2.75, 3.05) is 0 Å². The van der Waals surface area contributed by atoms with Gasteiger partial charge >= 0.3 is 0 Å². The number of ketones is 1. The van der Waals surface area contributed by atoms with E-state index in [1.807, 2.05) is 0 Å². The number of hydrogen-bond donors (Lipinski definition) is 3. The van der Waals surface area contributed by atoms with E-state index in [1.165, 1.54) is 18.3 Å². The zero-order valence-corrected chi connectivity index (χ0v) is 17.8. The number of sulfonamides is 1. The highest BCUT2D eigenvalue weighted by atomic mass is 32.2. The van der Waals surface area contributed by atoms with Crippen LogP contribution in [0.5, 0.6) is 0 Å². The van der Waals surface area contributed by atoms with E-state index in [0.29, 0.717) is 11.5 Å². The fraction of sp³-hybridized carbons (Fsp3) is 0.350. The number of carbonyl (C=O) groups is 3. The molecule has 2 amide bonds. The molecular formula is C20H23N5O5S. The van der Waals surface area contributed by atoms with Crippen LogP contribution in [0, 0.1) is 5.92 Å². The molecule has 1 aliphatic heterocycles. The highest BCUT2D eigenvalue weighted by Gasteiger charge is 2.34. The largest absolute Gasteiger partial charge is 0.344 e. The number of Topliss-reactive ketones (excluding diaryl/α,β-unsaturated/α-hetero) is 1. The molecule has 3 rings (SSSR count). The van der Waals surface area contributed by atoms with Gasteiger partial charge in [0.15, 0.2) is 0 Å². The van der Waals surface area contributed by atoms with Gasteiger partial charge in [0.25, 0.3) is 5.91 Å². The van der Waals surface area contributed by atoms with Gasteiger partial charge in [-0.1, -0.05) is 32.0 Å². The molecule has 1 aromatic heterocycles. The predicted molar refractivity (Wildman–Crippen MR) is 110 cm³/mol. The third-order valence-electron chi connectivity index (χ3n) is 4.72. The maximum atomic E-state index is 13.0. The number of amides is 2. The van der Waals surface area contributed by atoms with Gasteiger partial charge in [-0.25, -0.2) is 18.4 Å². The van der Waals surface area contributed by atoms with E-state index >= 15 is 0 Å². The van der Waals surface area contributed by atoms with Gasteiger partial charge in [0, 0.05) is 12.6 Å². The van der Waals surface area contributed by atoms with E-state index in [1.54, 1.807) is 38.1 Å². The van der Waals surface area contributed by atoms with Crippen LogP contribution in [0.25, 0.3) is 0 Å². The summed E-state index contributed by atoms with van der Waals surface area (Å²) in [7, 11) is -3.98. The van der Waals surface area contributed by atoms with Crippen LogP contribution in [0.3, 0.4) is 0 Å². The number of benzene rings is 1. The van der Waals surface area contributed by atoms with Crippen molar-refractivity contribution in [3.05, 3.63) is 54.1 Å². The summed E-state index contributed by atoms with van der Waals surface area (Å²) in [5, 5.41) is 4.96. The summed E-state index contributed by atoms with van der Waals surface area (Å²) in [5.41, 5.74) is 0.536. The highest BCUT2D eigenvalue weighted by molar-refractivity contribution is 7.89. The number of rotatable bonds is 6. The van der Waals surface area contributed by atoms with Crippen LogP contribution in [0.2, 0.25) is 0 Å². The Bertz CT molecular complexity index is 1090. The molecule has 0 saturated heterocycles. The van der Waals surface area contributed by atoms with E-state index in [0.717, 1.165) is 0 Å². The minimum atomic E-state index is -3.98. The summed E-state index contributed by atoms with van der Waals surface area (Å²) in [6, 6.07) is 6.85. The molecule has 2 atom stereocenters. The molecule has 0 spiro atoms. The van der Waals surface area contributed by atoms with Gasteiger partial charge in [-0.05, 0) is 24.1 Å². The van der Waals surface area contributed by atoms with E-state index in [4.69, 9.17) is 0 Å². The zero-order valence-electron chi connectivity index (χ0n) is 17.0. The summed E-state index contributed by atoms with van der Waals surface area (Å²) < 4.78 is 27.8. The highest BCUT2D eigenvalue weighted by Crippen LogP contribution is 2.12. The van der Waals surface area contributed by atoms with E-state index in [2.05, 4.69) is 25.3 Å². The van der Waals surface area contributed by atoms with Gasteiger partial charge < -0.3 is 10.6 Å². The Morgan fingerprint density at radius 1 is 1.16 bits per heavy atom. The first kappa shape index (κ1) is 22.5. The van der Waals surface area contributed by atoms with E-state index in [-0.39, 0.29) is 17.9 Å². The molecule has 2 bridgehead atoms. The lowest BCUT2D eigenvalue weighted by atomic mass is 10.0. The molecule has 1 aliphatic rings. The third-order valence-corrected chi connectivity index (χ3v) is 6.18. The minimum absolute atomic E-state index is 0.0107. The van der Waals surface area contributed by atoms with Crippen molar-refractivity contribution < 1.29 is 22.8 Å². The molecular weight excluding hydrogens is 422 g/mol. The SMILES string of the molecule is CC(C)C(NS(=O)(=O)c1ccccc1)C(=O)NC1Cc2nccc(n2)CNC(=O)C1=O. The smallest absolute Gasteiger partial charge is 0.289 e. The summed E-state index contributed by atoms with van der Waals surface area (Å²) in [6.07, 6.45) is 1.41. The Hall–Kier alpha value is -3.18. The van der Waals surface area contributed by atoms with Crippen molar-refractivity contribution in [2.45, 2.75) is 43.8 Å². The molecule has 0 saturated carbocycles. The average molecular weight is 446 g/mol. The molecule has 2 aromatic rings. The van der Waals surface area contributed by atoms with E-state index < -0.39 is 45.6 Å². The topological polar surface area (TPSA) is 147 Å². The Kier molecular flexibility index (Phi) is 6.76.